The molecule has 7 heteroatoms. The first-order chi connectivity index (χ1) is 11.5. The van der Waals surface area contributed by atoms with Gasteiger partial charge in [-0.15, -0.1) is 0 Å². The third-order valence-electron chi connectivity index (χ3n) is 5.57. The van der Waals surface area contributed by atoms with Gasteiger partial charge in [0.1, 0.15) is 0 Å². The van der Waals surface area contributed by atoms with E-state index >= 15 is 0 Å². The van der Waals surface area contributed by atoms with Crippen LogP contribution in [0.4, 0.5) is 0 Å². The molecule has 0 aromatic carbocycles. The smallest absolute Gasteiger partial charge is 0.265 e. The van der Waals surface area contributed by atoms with Gasteiger partial charge in [-0.25, -0.2) is 0 Å². The Hall–Kier alpha value is -0.660. The topological polar surface area (TPSA) is 83.5 Å². The molecule has 6 nitrogen and oxygen atoms in total. The molecule has 1 fully saturated rings. The van der Waals surface area contributed by atoms with E-state index in [0.29, 0.717) is 24.0 Å². The minimum Gasteiger partial charge on any atom is -0.355 e. The molecule has 26 heavy (non-hydrogen) atoms. The number of nitrogens with one attached hydrogen (secondary N) is 1. The molecule has 1 amide bonds. The lowest BCUT2D eigenvalue weighted by atomic mass is 9.78. The lowest BCUT2D eigenvalue weighted by molar-refractivity contribution is -0.890. The van der Waals surface area contributed by atoms with E-state index in [9.17, 15) is 13.2 Å². The zero-order valence-electron chi connectivity index (χ0n) is 17.7. The van der Waals surface area contributed by atoms with Gasteiger partial charge in [0.05, 0.1) is 38.4 Å². The van der Waals surface area contributed by atoms with Crippen LogP contribution in [0, 0.1) is 16.2 Å². The molecule has 154 valence electrons. The van der Waals surface area contributed by atoms with Crippen LogP contribution in [0.5, 0.6) is 0 Å². The largest absolute Gasteiger partial charge is 0.355 e. The Bertz CT molecular complexity index is 606. The molecular weight excluding hydrogens is 352 g/mol. The van der Waals surface area contributed by atoms with Gasteiger partial charge >= 0.3 is 0 Å². The predicted octanol–water partition coefficient (Wildman–Crippen LogP) is 2.70. The number of carbonyl (C=O) groups excluding carboxylic acids is 1. The summed E-state index contributed by atoms with van der Waals surface area (Å²) in [6, 6.07) is 0. The van der Waals surface area contributed by atoms with Crippen LogP contribution in [0.2, 0.25) is 0 Å². The van der Waals surface area contributed by atoms with Crippen molar-refractivity contribution in [3.05, 3.63) is 0 Å². The summed E-state index contributed by atoms with van der Waals surface area (Å²) < 4.78 is 31.1. The summed E-state index contributed by atoms with van der Waals surface area (Å²) in [6.07, 6.45) is 3.12. The van der Waals surface area contributed by atoms with Gasteiger partial charge in [-0.2, -0.15) is 8.42 Å². The second-order valence-corrected chi connectivity index (χ2v) is 12.1. The van der Waals surface area contributed by atoms with Gasteiger partial charge in [-0.1, -0.05) is 34.6 Å². The monoisotopic (exact) mass is 391 g/mol. The highest BCUT2D eigenvalue weighted by Crippen LogP contribution is 2.67. The first-order valence-corrected chi connectivity index (χ1v) is 11.2. The molecule has 1 rings (SSSR count). The number of amides is 1. The Kier molecular flexibility index (Phi) is 6.98. The van der Waals surface area contributed by atoms with Gasteiger partial charge < -0.3 is 9.80 Å². The molecule has 1 atom stereocenters. The molecule has 0 saturated heterocycles. The van der Waals surface area contributed by atoms with E-state index in [2.05, 4.69) is 39.9 Å². The van der Waals surface area contributed by atoms with E-state index < -0.39 is 10.1 Å². The van der Waals surface area contributed by atoms with E-state index in [4.69, 9.17) is 4.55 Å². The molecule has 0 radical (unpaired) electrons. The number of quaternary nitrogens is 1. The van der Waals surface area contributed by atoms with Gasteiger partial charge in [0.2, 0.25) is 5.91 Å². The summed E-state index contributed by atoms with van der Waals surface area (Å²) in [6.45, 7) is 13.1. The normalized spacial score (nSPS) is 22.9. The maximum atomic E-state index is 12.8. The average molecular weight is 392 g/mol. The summed E-state index contributed by atoms with van der Waals surface area (Å²) in [5.41, 5.74) is -0.0579. The summed E-state index contributed by atoms with van der Waals surface area (Å²) in [5, 5.41) is 3.13. The SMILES string of the molecule is CC(C)(C)CC1(C(=O)NCCC[N+](C)(C)CCCS(=O)(=O)O)CC1(C)C. The van der Waals surface area contributed by atoms with Crippen molar-refractivity contribution >= 4 is 16.0 Å². The van der Waals surface area contributed by atoms with Crippen molar-refractivity contribution in [1.29, 1.82) is 0 Å². The van der Waals surface area contributed by atoms with Crippen LogP contribution in [-0.2, 0) is 14.9 Å². The quantitative estimate of drug-likeness (QED) is 0.341. The maximum absolute atomic E-state index is 12.8. The Labute approximate surface area is 160 Å². The predicted molar refractivity (Wildman–Crippen MR) is 105 cm³/mol. The number of hydrogen-bond donors (Lipinski definition) is 2. The van der Waals surface area contributed by atoms with Crippen molar-refractivity contribution in [3.63, 3.8) is 0 Å². The number of rotatable bonds is 10. The number of carbonyl (C=O) groups is 1. The molecule has 0 heterocycles. The van der Waals surface area contributed by atoms with Crippen LogP contribution >= 0.6 is 0 Å². The van der Waals surface area contributed by atoms with Crippen LogP contribution in [0.15, 0.2) is 0 Å². The van der Waals surface area contributed by atoms with E-state index in [1.54, 1.807) is 0 Å². The van der Waals surface area contributed by atoms with Gasteiger partial charge in [-0.05, 0) is 23.7 Å². The second kappa shape index (κ2) is 7.76. The molecular formula is C19H39N2O4S+. The molecule has 2 N–H and O–H groups in total. The van der Waals surface area contributed by atoms with Crippen LogP contribution in [0.25, 0.3) is 0 Å². The summed E-state index contributed by atoms with van der Waals surface area (Å²) >= 11 is 0. The Balaban J connectivity index is 2.41. The lowest BCUT2D eigenvalue weighted by Crippen LogP contribution is -2.44. The van der Waals surface area contributed by atoms with Crippen LogP contribution in [-0.4, -0.2) is 62.8 Å². The van der Waals surface area contributed by atoms with Crippen molar-refractivity contribution in [1.82, 2.24) is 5.32 Å². The third-order valence-corrected chi connectivity index (χ3v) is 6.38. The van der Waals surface area contributed by atoms with Crippen molar-refractivity contribution in [2.45, 2.75) is 60.3 Å². The summed E-state index contributed by atoms with van der Waals surface area (Å²) in [5.74, 6) is -0.0235. The zero-order valence-corrected chi connectivity index (χ0v) is 18.5. The Morgan fingerprint density at radius 1 is 1.15 bits per heavy atom. The van der Waals surface area contributed by atoms with E-state index in [1.807, 2.05) is 14.1 Å². The average Bonchev–Trinajstić information content (AvgIpc) is 2.92. The number of nitrogens with zero attached hydrogens (tertiary/aromatic N) is 1. The van der Waals surface area contributed by atoms with Gasteiger partial charge in [0, 0.05) is 19.4 Å². The lowest BCUT2D eigenvalue weighted by Gasteiger charge is -2.30. The second-order valence-electron chi connectivity index (χ2n) is 10.5. The van der Waals surface area contributed by atoms with Crippen molar-refractivity contribution in [2.75, 3.05) is 39.5 Å². The first-order valence-electron chi connectivity index (χ1n) is 9.55. The highest BCUT2D eigenvalue weighted by molar-refractivity contribution is 7.85. The zero-order chi connectivity index (χ0) is 20.4. The molecule has 0 spiro atoms. The fourth-order valence-corrected chi connectivity index (χ4v) is 4.54. The minimum atomic E-state index is -3.89. The summed E-state index contributed by atoms with van der Waals surface area (Å²) in [7, 11) is 0.192. The molecule has 0 aliphatic heterocycles. The van der Waals surface area contributed by atoms with Crippen LogP contribution < -0.4 is 5.32 Å². The van der Waals surface area contributed by atoms with Crippen molar-refractivity contribution < 1.29 is 22.2 Å². The highest BCUT2D eigenvalue weighted by Gasteiger charge is 2.66. The third kappa shape index (κ3) is 7.16. The van der Waals surface area contributed by atoms with Gasteiger partial charge in [0.15, 0.2) is 0 Å². The van der Waals surface area contributed by atoms with Gasteiger partial charge in [0.25, 0.3) is 10.1 Å². The standard InChI is InChI=1S/C19H38N2O4S/c1-17(2,3)14-19(15-18(19,4)5)16(22)20-10-8-11-21(6,7)12-9-13-26(23,24)25/h8-15H2,1-7H3,(H-,20,22,23,24,25)/p+1. The summed E-state index contributed by atoms with van der Waals surface area (Å²) in [4.78, 5) is 12.8. The molecule has 1 aliphatic carbocycles. The molecule has 1 unspecified atom stereocenters. The minimum absolute atomic E-state index is 0.0650. The first kappa shape index (κ1) is 23.4. The maximum Gasteiger partial charge on any atom is 0.265 e. The van der Waals surface area contributed by atoms with Crippen LogP contribution in [0.1, 0.15) is 60.3 Å². The molecule has 0 aromatic heterocycles. The molecule has 1 saturated carbocycles. The van der Waals surface area contributed by atoms with Crippen LogP contribution in [0.3, 0.4) is 0 Å². The van der Waals surface area contributed by atoms with Crippen molar-refractivity contribution in [3.8, 4) is 0 Å². The van der Waals surface area contributed by atoms with E-state index in [0.717, 1.165) is 25.8 Å². The molecule has 0 aromatic rings. The van der Waals surface area contributed by atoms with E-state index in [1.165, 1.54) is 0 Å². The number of hydrogen-bond acceptors (Lipinski definition) is 3. The molecule has 0 bridgehead atoms. The Morgan fingerprint density at radius 2 is 1.65 bits per heavy atom. The van der Waals surface area contributed by atoms with Gasteiger partial charge in [-0.3, -0.25) is 9.35 Å². The fraction of sp³-hybridized carbons (Fsp3) is 0.947. The van der Waals surface area contributed by atoms with Crippen molar-refractivity contribution in [2.24, 2.45) is 16.2 Å². The highest BCUT2D eigenvalue weighted by atomic mass is 32.2. The fourth-order valence-electron chi connectivity index (χ4n) is 4.05. The molecule has 1 aliphatic rings. The van der Waals surface area contributed by atoms with E-state index in [-0.39, 0.29) is 27.9 Å². The Morgan fingerprint density at radius 3 is 2.08 bits per heavy atom.